The minimum atomic E-state index is 0.148. The number of nitrogens with one attached hydrogen (secondary N) is 1. The fourth-order valence-electron chi connectivity index (χ4n) is 2.20. The molecular weight excluding hydrogens is 216 g/mol. The van der Waals surface area contributed by atoms with E-state index in [1.165, 1.54) is 4.88 Å². The number of thiophene rings is 1. The van der Waals surface area contributed by atoms with Crippen LogP contribution in [0, 0.1) is 5.41 Å². The average molecular weight is 240 g/mol. The molecule has 0 fully saturated rings. The first-order valence-electron chi connectivity index (χ1n) is 5.76. The van der Waals surface area contributed by atoms with Gasteiger partial charge in [0, 0.05) is 22.6 Å². The molecule has 2 nitrogen and oxygen atoms in total. The van der Waals surface area contributed by atoms with E-state index in [1.54, 1.807) is 11.3 Å². The molecule has 1 aromatic rings. The zero-order valence-corrected chi connectivity index (χ0v) is 11.9. The van der Waals surface area contributed by atoms with Gasteiger partial charge in [-0.3, -0.25) is 0 Å². The highest BCUT2D eigenvalue weighted by Crippen LogP contribution is 2.28. The third-order valence-corrected chi connectivity index (χ3v) is 3.42. The molecule has 0 saturated carbocycles. The summed E-state index contributed by atoms with van der Waals surface area (Å²) < 4.78 is 0. The molecule has 0 aliphatic heterocycles. The van der Waals surface area contributed by atoms with E-state index in [9.17, 15) is 0 Å². The summed E-state index contributed by atoms with van der Waals surface area (Å²) in [4.78, 5) is 1.24. The highest BCUT2D eigenvalue weighted by Gasteiger charge is 2.24. The molecule has 0 radical (unpaired) electrons. The Balaban J connectivity index is 2.51. The molecule has 92 valence electrons. The van der Waals surface area contributed by atoms with Crippen molar-refractivity contribution in [3.05, 3.63) is 16.3 Å². The van der Waals surface area contributed by atoms with E-state index in [1.807, 2.05) is 11.4 Å². The third-order valence-electron chi connectivity index (χ3n) is 2.48. The summed E-state index contributed by atoms with van der Waals surface area (Å²) in [6, 6.07) is 1.97. The lowest BCUT2D eigenvalue weighted by Gasteiger charge is -2.33. The Morgan fingerprint density at radius 1 is 1.25 bits per heavy atom. The van der Waals surface area contributed by atoms with Crippen LogP contribution in [-0.4, -0.2) is 5.54 Å². The maximum Gasteiger partial charge on any atom is 0.0468 e. The smallest absolute Gasteiger partial charge is 0.0468 e. The van der Waals surface area contributed by atoms with Gasteiger partial charge in [-0.05, 0) is 37.1 Å². The molecule has 0 aliphatic rings. The molecule has 1 rings (SSSR count). The Morgan fingerprint density at radius 2 is 1.88 bits per heavy atom. The number of anilines is 1. The zero-order chi connectivity index (χ0) is 12.4. The molecular formula is C13H24N2S. The highest BCUT2D eigenvalue weighted by molar-refractivity contribution is 7.10. The van der Waals surface area contributed by atoms with Gasteiger partial charge in [-0.15, -0.1) is 11.3 Å². The minimum Gasteiger partial charge on any atom is -0.398 e. The molecule has 0 spiro atoms. The van der Waals surface area contributed by atoms with Gasteiger partial charge < -0.3 is 11.1 Å². The monoisotopic (exact) mass is 240 g/mol. The summed E-state index contributed by atoms with van der Waals surface area (Å²) in [5, 5.41) is 5.63. The standard InChI is InChI=1S/C13H24N2S/c1-12(2,3)9-13(4,5)15-8-11-10(14)6-7-16-11/h6-7,15H,8-9,14H2,1-5H3. The van der Waals surface area contributed by atoms with Crippen LogP contribution in [-0.2, 0) is 6.54 Å². The summed E-state index contributed by atoms with van der Waals surface area (Å²) in [7, 11) is 0. The molecule has 1 heterocycles. The molecule has 0 unspecified atom stereocenters. The van der Waals surface area contributed by atoms with Crippen LogP contribution in [0.2, 0.25) is 0 Å². The predicted octanol–water partition coefficient (Wildman–Crippen LogP) is 3.63. The molecule has 3 N–H and O–H groups in total. The van der Waals surface area contributed by atoms with Crippen molar-refractivity contribution < 1.29 is 0 Å². The van der Waals surface area contributed by atoms with Gasteiger partial charge in [0.25, 0.3) is 0 Å². The maximum atomic E-state index is 5.87. The Bertz CT molecular complexity index is 334. The highest BCUT2D eigenvalue weighted by atomic mass is 32.1. The predicted molar refractivity (Wildman–Crippen MR) is 73.7 cm³/mol. The van der Waals surface area contributed by atoms with Crippen molar-refractivity contribution in [2.75, 3.05) is 5.73 Å². The van der Waals surface area contributed by atoms with Crippen LogP contribution in [0.3, 0.4) is 0 Å². The Hall–Kier alpha value is -0.540. The second kappa shape index (κ2) is 4.76. The SMILES string of the molecule is CC(C)(C)CC(C)(C)NCc1sccc1N. The summed E-state index contributed by atoms with van der Waals surface area (Å²) in [5.41, 5.74) is 7.27. The summed E-state index contributed by atoms with van der Waals surface area (Å²) in [5.74, 6) is 0. The van der Waals surface area contributed by atoms with Crippen LogP contribution >= 0.6 is 11.3 Å². The third kappa shape index (κ3) is 4.54. The molecule has 0 bridgehead atoms. The van der Waals surface area contributed by atoms with Crippen LogP contribution < -0.4 is 11.1 Å². The van der Waals surface area contributed by atoms with Crippen LogP contribution in [0.4, 0.5) is 5.69 Å². The summed E-state index contributed by atoms with van der Waals surface area (Å²) in [6.45, 7) is 12.2. The van der Waals surface area contributed by atoms with Crippen molar-refractivity contribution in [2.45, 2.75) is 53.1 Å². The van der Waals surface area contributed by atoms with E-state index in [0.29, 0.717) is 5.41 Å². The molecule has 1 aromatic heterocycles. The second-order valence-corrected chi connectivity index (χ2v) is 7.27. The zero-order valence-electron chi connectivity index (χ0n) is 11.1. The molecule has 0 aromatic carbocycles. The van der Waals surface area contributed by atoms with E-state index in [4.69, 9.17) is 5.73 Å². The Kier molecular flexibility index (Phi) is 4.02. The molecule has 0 aliphatic carbocycles. The van der Waals surface area contributed by atoms with Crippen molar-refractivity contribution in [3.8, 4) is 0 Å². The van der Waals surface area contributed by atoms with E-state index < -0.39 is 0 Å². The van der Waals surface area contributed by atoms with Gasteiger partial charge in [-0.25, -0.2) is 0 Å². The molecule has 3 heteroatoms. The number of hydrogen-bond donors (Lipinski definition) is 2. The fourth-order valence-corrected chi connectivity index (χ4v) is 2.94. The van der Waals surface area contributed by atoms with Crippen LogP contribution in [0.5, 0.6) is 0 Å². The number of rotatable bonds is 4. The van der Waals surface area contributed by atoms with Crippen LogP contribution in [0.1, 0.15) is 45.9 Å². The van der Waals surface area contributed by atoms with Crippen molar-refractivity contribution in [1.82, 2.24) is 5.32 Å². The van der Waals surface area contributed by atoms with Crippen molar-refractivity contribution in [3.63, 3.8) is 0 Å². The average Bonchev–Trinajstić information content (AvgIpc) is 2.43. The van der Waals surface area contributed by atoms with E-state index in [-0.39, 0.29) is 5.54 Å². The number of hydrogen-bond acceptors (Lipinski definition) is 3. The van der Waals surface area contributed by atoms with Gasteiger partial charge in [-0.1, -0.05) is 20.8 Å². The first-order chi connectivity index (χ1) is 7.20. The van der Waals surface area contributed by atoms with Gasteiger partial charge in [0.1, 0.15) is 0 Å². The number of nitrogens with two attached hydrogens (primary N) is 1. The lowest BCUT2D eigenvalue weighted by molar-refractivity contribution is 0.241. The van der Waals surface area contributed by atoms with Crippen LogP contribution in [0.25, 0.3) is 0 Å². The van der Waals surface area contributed by atoms with Crippen molar-refractivity contribution in [2.24, 2.45) is 5.41 Å². The largest absolute Gasteiger partial charge is 0.398 e. The van der Waals surface area contributed by atoms with E-state index in [2.05, 4.69) is 39.9 Å². The van der Waals surface area contributed by atoms with Gasteiger partial charge in [-0.2, -0.15) is 0 Å². The summed E-state index contributed by atoms with van der Waals surface area (Å²) in [6.07, 6.45) is 1.14. The molecule has 0 amide bonds. The van der Waals surface area contributed by atoms with Gasteiger partial charge in [0.2, 0.25) is 0 Å². The van der Waals surface area contributed by atoms with E-state index in [0.717, 1.165) is 18.7 Å². The normalized spacial score (nSPS) is 13.1. The molecule has 0 atom stereocenters. The molecule has 0 saturated heterocycles. The Morgan fingerprint density at radius 3 is 2.31 bits per heavy atom. The Labute approximate surface area is 103 Å². The van der Waals surface area contributed by atoms with Crippen LogP contribution in [0.15, 0.2) is 11.4 Å². The first-order valence-corrected chi connectivity index (χ1v) is 6.64. The first kappa shape index (κ1) is 13.5. The van der Waals surface area contributed by atoms with Crippen molar-refractivity contribution >= 4 is 17.0 Å². The van der Waals surface area contributed by atoms with Gasteiger partial charge in [0.05, 0.1) is 0 Å². The lowest BCUT2D eigenvalue weighted by atomic mass is 9.82. The lowest BCUT2D eigenvalue weighted by Crippen LogP contribution is -2.41. The fraction of sp³-hybridized carbons (Fsp3) is 0.692. The quantitative estimate of drug-likeness (QED) is 0.843. The van der Waals surface area contributed by atoms with Gasteiger partial charge in [0.15, 0.2) is 0 Å². The molecule has 16 heavy (non-hydrogen) atoms. The maximum absolute atomic E-state index is 5.87. The topological polar surface area (TPSA) is 38.0 Å². The second-order valence-electron chi connectivity index (χ2n) is 6.27. The summed E-state index contributed by atoms with van der Waals surface area (Å²) >= 11 is 1.72. The minimum absolute atomic E-state index is 0.148. The van der Waals surface area contributed by atoms with Gasteiger partial charge >= 0.3 is 0 Å². The van der Waals surface area contributed by atoms with E-state index >= 15 is 0 Å². The van der Waals surface area contributed by atoms with Crippen molar-refractivity contribution in [1.29, 1.82) is 0 Å². The number of nitrogen functional groups attached to an aromatic ring is 1.